The van der Waals surface area contributed by atoms with Gasteiger partial charge in [-0.25, -0.2) is 0 Å². The van der Waals surface area contributed by atoms with Gasteiger partial charge in [-0.05, 0) is 0 Å². The van der Waals surface area contributed by atoms with Crippen LogP contribution in [-0.4, -0.2) is 120 Å². The summed E-state index contributed by atoms with van der Waals surface area (Å²) in [6, 6.07) is 0. The van der Waals surface area contributed by atoms with E-state index in [1.54, 1.807) is 0 Å². The summed E-state index contributed by atoms with van der Waals surface area (Å²) in [6.45, 7) is -2.39. The first-order valence-corrected chi connectivity index (χ1v) is 6.81. The molecule has 28 heavy (non-hydrogen) atoms. The van der Waals surface area contributed by atoms with Gasteiger partial charge in [-0.15, -0.1) is 0 Å². The second kappa shape index (κ2) is 18.9. The summed E-state index contributed by atoms with van der Waals surface area (Å²) < 4.78 is 0. The molecule has 0 aliphatic heterocycles. The van der Waals surface area contributed by atoms with Crippen LogP contribution in [0.2, 0.25) is 0 Å². The molecule has 1 radical (unpaired) electrons. The minimum atomic E-state index is -2.00. The van der Waals surface area contributed by atoms with Gasteiger partial charge in [0.2, 0.25) is 0 Å². The molecule has 0 aromatic heterocycles. The van der Waals surface area contributed by atoms with Crippen molar-refractivity contribution in [1.29, 1.82) is 0 Å². The molecule has 9 N–H and O–H groups in total. The zero-order valence-corrected chi connectivity index (χ0v) is 15.0. The zero-order valence-electron chi connectivity index (χ0n) is 13.9. The Morgan fingerprint density at radius 1 is 0.536 bits per heavy atom. The first kappa shape index (κ1) is 34.1. The maximum atomic E-state index is 9.67. The minimum Gasteiger partial charge on any atom is -0.547 e. The van der Waals surface area contributed by atoms with E-state index in [2.05, 4.69) is 0 Å². The molecular weight excluding hydrogens is 440 g/mol. The second-order valence-electron chi connectivity index (χ2n) is 4.54. The van der Waals surface area contributed by atoms with Crippen LogP contribution in [-0.2, 0) is 31.5 Å². The van der Waals surface area contributed by atoms with Crippen LogP contribution < -0.4 is 15.3 Å². The first-order chi connectivity index (χ1) is 12.3. The van der Waals surface area contributed by atoms with Gasteiger partial charge in [0.1, 0.15) is 36.6 Å². The maximum Gasteiger partial charge on any atom is 3.00 e. The van der Waals surface area contributed by atoms with Gasteiger partial charge in [-0.2, -0.15) is 0 Å². The Morgan fingerprint density at radius 2 is 0.679 bits per heavy atom. The van der Waals surface area contributed by atoms with Crippen LogP contribution in [0.1, 0.15) is 0 Å². The predicted molar refractivity (Wildman–Crippen MR) is 72.3 cm³/mol. The first-order valence-electron chi connectivity index (χ1n) is 6.81. The number of carbonyl (C=O) groups is 3. The topological polar surface area (TPSA) is 302 Å². The molecule has 0 bridgehead atoms. The standard InChI is InChI=1S/3C4H8O5.Fe/c3*5-1-2(6)3(7)4(8)9;/h3*2-3,5-7H,1H2,(H,8,9);/q;;;+3/p-3/t3*2-,3+;/m111./s1. The Bertz CT molecular complexity index is 371. The Morgan fingerprint density at radius 3 is 0.714 bits per heavy atom. The molecule has 0 saturated heterocycles. The number of carboxylic acids is 3. The number of aliphatic carboxylic acids is 3. The van der Waals surface area contributed by atoms with Gasteiger partial charge in [0.05, 0.1) is 37.7 Å². The number of hydrogen-bond donors (Lipinski definition) is 9. The number of aliphatic hydroxyl groups excluding tert-OH is 9. The Kier molecular flexibility index (Phi) is 23.0. The van der Waals surface area contributed by atoms with Gasteiger partial charge in [-0.1, -0.05) is 0 Å². The van der Waals surface area contributed by atoms with Crippen molar-refractivity contribution >= 4 is 17.9 Å². The summed E-state index contributed by atoms with van der Waals surface area (Å²) in [4.78, 5) is 29.0. The van der Waals surface area contributed by atoms with E-state index in [4.69, 9.17) is 46.0 Å². The van der Waals surface area contributed by atoms with Gasteiger partial charge < -0.3 is 75.7 Å². The number of carbonyl (C=O) groups excluding carboxylic acids is 3. The van der Waals surface area contributed by atoms with Crippen molar-refractivity contribution in [3.05, 3.63) is 0 Å². The summed E-state index contributed by atoms with van der Waals surface area (Å²) in [5.41, 5.74) is 0. The van der Waals surface area contributed by atoms with Crippen molar-refractivity contribution in [3.63, 3.8) is 0 Å². The van der Waals surface area contributed by atoms with Crippen molar-refractivity contribution in [1.82, 2.24) is 0 Å². The Labute approximate surface area is 167 Å². The number of carboxylic acid groups (broad SMARTS) is 3. The molecule has 0 fully saturated rings. The molecule has 15 nitrogen and oxygen atoms in total. The Balaban J connectivity index is -0.000000152. The number of hydrogen-bond acceptors (Lipinski definition) is 15. The van der Waals surface area contributed by atoms with Crippen molar-refractivity contribution in [3.8, 4) is 0 Å². The summed E-state index contributed by atoms with van der Waals surface area (Å²) in [5, 5.41) is 103. The molecule has 0 aliphatic rings. The van der Waals surface area contributed by atoms with Crippen molar-refractivity contribution in [2.24, 2.45) is 0 Å². The quantitative estimate of drug-likeness (QED) is 0.144. The maximum absolute atomic E-state index is 9.67. The van der Waals surface area contributed by atoms with Crippen LogP contribution in [0.3, 0.4) is 0 Å². The molecule has 0 heterocycles. The fourth-order valence-corrected chi connectivity index (χ4v) is 0.771. The molecule has 0 aromatic carbocycles. The largest absolute Gasteiger partial charge is 3.00 e. The zero-order chi connectivity index (χ0) is 22.3. The van der Waals surface area contributed by atoms with Gasteiger partial charge in [0, 0.05) is 0 Å². The summed E-state index contributed by atoms with van der Waals surface area (Å²) in [7, 11) is 0. The molecule has 0 aromatic rings. The van der Waals surface area contributed by atoms with Crippen LogP contribution >= 0.6 is 0 Å². The Hall–Kier alpha value is -1.43. The summed E-state index contributed by atoms with van der Waals surface area (Å²) >= 11 is 0. The monoisotopic (exact) mass is 461 g/mol. The molecule has 0 rings (SSSR count). The number of rotatable bonds is 9. The molecular formula is C12H21FeO15. The third-order valence-corrected chi connectivity index (χ3v) is 2.38. The average molecular weight is 461 g/mol. The van der Waals surface area contributed by atoms with Crippen LogP contribution in [0.5, 0.6) is 0 Å². The SMILES string of the molecule is O=C([O-])[C@@H](O)[C@H](O)CO.O=C([O-])[C@@H](O)[C@H](O)CO.O=C([O-])[C@@H](O)[C@H](O)CO.[Fe+3]. The molecule has 16 heteroatoms. The van der Waals surface area contributed by atoms with Crippen LogP contribution in [0.4, 0.5) is 0 Å². The van der Waals surface area contributed by atoms with Gasteiger partial charge in [0.25, 0.3) is 0 Å². The second-order valence-corrected chi connectivity index (χ2v) is 4.54. The van der Waals surface area contributed by atoms with Crippen LogP contribution in [0.15, 0.2) is 0 Å². The van der Waals surface area contributed by atoms with Gasteiger partial charge in [-0.3, -0.25) is 0 Å². The van der Waals surface area contributed by atoms with E-state index in [1.165, 1.54) is 0 Å². The van der Waals surface area contributed by atoms with E-state index >= 15 is 0 Å². The molecule has 0 amide bonds. The van der Waals surface area contributed by atoms with Gasteiger partial charge >= 0.3 is 17.1 Å². The van der Waals surface area contributed by atoms with E-state index in [0.717, 1.165) is 0 Å². The van der Waals surface area contributed by atoms with E-state index in [1.807, 2.05) is 0 Å². The van der Waals surface area contributed by atoms with Gasteiger partial charge in [0.15, 0.2) is 0 Å². The molecule has 0 unspecified atom stereocenters. The average Bonchev–Trinajstić information content (AvgIpc) is 2.64. The van der Waals surface area contributed by atoms with Crippen LogP contribution in [0.25, 0.3) is 0 Å². The van der Waals surface area contributed by atoms with Crippen molar-refractivity contribution in [2.45, 2.75) is 36.6 Å². The third-order valence-electron chi connectivity index (χ3n) is 2.38. The fourth-order valence-electron chi connectivity index (χ4n) is 0.771. The van der Waals surface area contributed by atoms with Crippen molar-refractivity contribution in [2.75, 3.05) is 19.8 Å². The third kappa shape index (κ3) is 16.7. The molecule has 0 saturated carbocycles. The smallest absolute Gasteiger partial charge is 0.547 e. The minimum absolute atomic E-state index is 0. The summed E-state index contributed by atoms with van der Waals surface area (Å²) in [5.74, 6) is -5.38. The van der Waals surface area contributed by atoms with E-state index in [9.17, 15) is 29.7 Å². The molecule has 0 spiro atoms. The number of aliphatic hydroxyl groups is 9. The van der Waals surface area contributed by atoms with E-state index < -0.39 is 74.4 Å². The molecule has 167 valence electrons. The fraction of sp³-hybridized carbons (Fsp3) is 0.750. The molecule has 6 atom stereocenters. The molecule has 0 aliphatic carbocycles. The van der Waals surface area contributed by atoms with Crippen molar-refractivity contribution < 1.29 is 92.7 Å². The predicted octanol–water partition coefficient (Wildman–Crippen LogP) is -10.7. The summed E-state index contributed by atoms with van der Waals surface area (Å²) in [6.07, 6.45) is -11.0. The normalized spacial score (nSPS) is 16.2. The van der Waals surface area contributed by atoms with E-state index in [-0.39, 0.29) is 17.1 Å². The van der Waals surface area contributed by atoms with E-state index in [0.29, 0.717) is 0 Å². The van der Waals surface area contributed by atoms with Crippen LogP contribution in [0, 0.1) is 0 Å².